The number of halogens is 1. The van der Waals surface area contributed by atoms with Crippen molar-refractivity contribution in [2.75, 3.05) is 69.2 Å². The topological polar surface area (TPSA) is 48.0 Å². The molecule has 1 unspecified atom stereocenters. The molecule has 2 aromatic carbocycles. The van der Waals surface area contributed by atoms with E-state index in [1.165, 1.54) is 11.3 Å². The van der Waals surface area contributed by atoms with Crippen molar-refractivity contribution in [3.05, 3.63) is 59.1 Å². The van der Waals surface area contributed by atoms with Crippen LogP contribution in [-0.4, -0.2) is 74.7 Å². The van der Waals surface area contributed by atoms with Gasteiger partial charge in [-0.1, -0.05) is 29.8 Å². The summed E-state index contributed by atoms with van der Waals surface area (Å²) >= 11 is 6.38. The van der Waals surface area contributed by atoms with Gasteiger partial charge in [0, 0.05) is 74.7 Å². The van der Waals surface area contributed by atoms with Crippen molar-refractivity contribution in [2.24, 2.45) is 0 Å². The molecule has 2 aliphatic heterocycles. The van der Waals surface area contributed by atoms with E-state index in [1.807, 2.05) is 30.3 Å². The predicted octanol–water partition coefficient (Wildman–Crippen LogP) is 3.88. The summed E-state index contributed by atoms with van der Waals surface area (Å²) in [6.45, 7) is 10.3. The zero-order chi connectivity index (χ0) is 22.3. The number of anilines is 2. The number of ether oxygens (including phenoxy) is 1. The molecule has 1 amide bonds. The normalized spacial score (nSPS) is 19.0. The SMILES string of the molecule is CC(c1ccccc1Cl)N1CCN(CCC(=O)Nc2ccc(N3CCOCC3)cc2)CC1. The molecule has 0 radical (unpaired) electrons. The zero-order valence-electron chi connectivity index (χ0n) is 18.8. The molecular formula is C25H33ClN4O2. The van der Waals surface area contributed by atoms with E-state index in [-0.39, 0.29) is 5.91 Å². The lowest BCUT2D eigenvalue weighted by molar-refractivity contribution is -0.116. The quantitative estimate of drug-likeness (QED) is 0.685. The predicted molar refractivity (Wildman–Crippen MR) is 131 cm³/mol. The standard InChI is InChI=1S/C25H33ClN4O2/c1-20(23-4-2-3-5-24(23)26)29-14-12-28(13-15-29)11-10-25(31)27-21-6-8-22(9-7-21)30-16-18-32-19-17-30/h2-9,20H,10-19H2,1H3,(H,27,31). The van der Waals surface area contributed by atoms with Crippen LogP contribution in [0.3, 0.4) is 0 Å². The van der Waals surface area contributed by atoms with Crippen molar-refractivity contribution in [2.45, 2.75) is 19.4 Å². The van der Waals surface area contributed by atoms with Crippen LogP contribution < -0.4 is 10.2 Å². The van der Waals surface area contributed by atoms with Gasteiger partial charge in [0.1, 0.15) is 0 Å². The first-order valence-corrected chi connectivity index (χ1v) is 11.9. The van der Waals surface area contributed by atoms with Crippen LogP contribution in [-0.2, 0) is 9.53 Å². The molecule has 2 heterocycles. The number of rotatable bonds is 7. The van der Waals surface area contributed by atoms with Gasteiger partial charge in [0.25, 0.3) is 0 Å². The maximum absolute atomic E-state index is 12.4. The van der Waals surface area contributed by atoms with Crippen LogP contribution in [0, 0.1) is 0 Å². The van der Waals surface area contributed by atoms with E-state index in [1.54, 1.807) is 0 Å². The Labute approximate surface area is 196 Å². The van der Waals surface area contributed by atoms with Crippen molar-refractivity contribution in [1.29, 1.82) is 0 Å². The van der Waals surface area contributed by atoms with Crippen molar-refractivity contribution >= 4 is 28.9 Å². The van der Waals surface area contributed by atoms with Crippen LogP contribution in [0.2, 0.25) is 5.02 Å². The van der Waals surface area contributed by atoms with Gasteiger partial charge in [-0.05, 0) is 42.8 Å². The van der Waals surface area contributed by atoms with E-state index < -0.39 is 0 Å². The van der Waals surface area contributed by atoms with Crippen molar-refractivity contribution in [3.63, 3.8) is 0 Å². The van der Waals surface area contributed by atoms with E-state index >= 15 is 0 Å². The molecule has 0 spiro atoms. The fourth-order valence-electron chi connectivity index (χ4n) is 4.45. The summed E-state index contributed by atoms with van der Waals surface area (Å²) in [5.74, 6) is 0.0657. The molecule has 2 aliphatic rings. The van der Waals surface area contributed by atoms with E-state index in [0.717, 1.165) is 69.7 Å². The summed E-state index contributed by atoms with van der Waals surface area (Å²) in [7, 11) is 0. The fraction of sp³-hybridized carbons (Fsp3) is 0.480. The molecule has 0 saturated carbocycles. The number of benzene rings is 2. The third-order valence-corrected chi connectivity index (χ3v) is 6.84. The second kappa shape index (κ2) is 11.1. The molecule has 7 heteroatoms. The summed E-state index contributed by atoms with van der Waals surface area (Å²) in [5, 5.41) is 3.86. The summed E-state index contributed by atoms with van der Waals surface area (Å²) < 4.78 is 5.41. The zero-order valence-corrected chi connectivity index (χ0v) is 19.6. The number of hydrogen-bond donors (Lipinski definition) is 1. The highest BCUT2D eigenvalue weighted by molar-refractivity contribution is 6.31. The summed E-state index contributed by atoms with van der Waals surface area (Å²) in [4.78, 5) is 19.6. The Bertz CT molecular complexity index is 878. The number of piperazine rings is 1. The number of carbonyl (C=O) groups is 1. The molecule has 1 N–H and O–H groups in total. The van der Waals surface area contributed by atoms with Gasteiger partial charge in [0.15, 0.2) is 0 Å². The van der Waals surface area contributed by atoms with Crippen LogP contribution in [0.15, 0.2) is 48.5 Å². The number of amides is 1. The molecule has 0 aliphatic carbocycles. The molecular weight excluding hydrogens is 424 g/mol. The molecule has 4 rings (SSSR count). The minimum Gasteiger partial charge on any atom is -0.378 e. The molecule has 2 aromatic rings. The van der Waals surface area contributed by atoms with E-state index in [4.69, 9.17) is 16.3 Å². The third kappa shape index (κ3) is 6.01. The molecule has 0 aromatic heterocycles. The van der Waals surface area contributed by atoms with Gasteiger partial charge >= 0.3 is 0 Å². The van der Waals surface area contributed by atoms with Crippen LogP contribution >= 0.6 is 11.6 Å². The maximum atomic E-state index is 12.4. The number of hydrogen-bond acceptors (Lipinski definition) is 5. The first kappa shape index (κ1) is 23.1. The molecule has 2 saturated heterocycles. The number of morpholine rings is 1. The largest absolute Gasteiger partial charge is 0.378 e. The Morgan fingerprint density at radius 3 is 2.38 bits per heavy atom. The smallest absolute Gasteiger partial charge is 0.225 e. The van der Waals surface area contributed by atoms with Gasteiger partial charge in [0.2, 0.25) is 5.91 Å². The summed E-state index contributed by atoms with van der Waals surface area (Å²) in [6, 6.07) is 16.5. The van der Waals surface area contributed by atoms with Crippen molar-refractivity contribution in [3.8, 4) is 0 Å². The summed E-state index contributed by atoms with van der Waals surface area (Å²) in [5.41, 5.74) is 3.21. The molecule has 0 bridgehead atoms. The summed E-state index contributed by atoms with van der Waals surface area (Å²) in [6.07, 6.45) is 0.505. The maximum Gasteiger partial charge on any atom is 0.225 e. The van der Waals surface area contributed by atoms with Gasteiger partial charge in [-0.2, -0.15) is 0 Å². The highest BCUT2D eigenvalue weighted by Gasteiger charge is 2.23. The van der Waals surface area contributed by atoms with Crippen LogP contribution in [0.25, 0.3) is 0 Å². The van der Waals surface area contributed by atoms with Gasteiger partial charge < -0.3 is 19.9 Å². The Morgan fingerprint density at radius 2 is 1.69 bits per heavy atom. The minimum atomic E-state index is 0.0657. The molecule has 6 nitrogen and oxygen atoms in total. The van der Waals surface area contributed by atoms with Crippen molar-refractivity contribution in [1.82, 2.24) is 9.80 Å². The Kier molecular flexibility index (Phi) is 8.03. The molecule has 172 valence electrons. The second-order valence-corrected chi connectivity index (χ2v) is 8.93. The average molecular weight is 457 g/mol. The number of carbonyl (C=O) groups excluding carboxylic acids is 1. The first-order valence-electron chi connectivity index (χ1n) is 11.5. The van der Waals surface area contributed by atoms with Gasteiger partial charge in [-0.15, -0.1) is 0 Å². The average Bonchev–Trinajstić information content (AvgIpc) is 2.84. The van der Waals surface area contributed by atoms with Gasteiger partial charge in [0.05, 0.1) is 13.2 Å². The fourth-order valence-corrected chi connectivity index (χ4v) is 4.74. The van der Waals surface area contributed by atoms with Crippen molar-refractivity contribution < 1.29 is 9.53 Å². The molecule has 1 atom stereocenters. The Morgan fingerprint density at radius 1 is 1.00 bits per heavy atom. The number of nitrogens with one attached hydrogen (secondary N) is 1. The van der Waals surface area contributed by atoms with Gasteiger partial charge in [-0.25, -0.2) is 0 Å². The molecule has 32 heavy (non-hydrogen) atoms. The Balaban J connectivity index is 1.18. The highest BCUT2D eigenvalue weighted by Crippen LogP contribution is 2.27. The molecule has 2 fully saturated rings. The number of nitrogens with zero attached hydrogens (tertiary/aromatic N) is 3. The minimum absolute atomic E-state index is 0.0657. The second-order valence-electron chi connectivity index (χ2n) is 8.52. The lowest BCUT2D eigenvalue weighted by Gasteiger charge is -2.38. The lowest BCUT2D eigenvalue weighted by atomic mass is 10.1. The van der Waals surface area contributed by atoms with Crippen LogP contribution in [0.1, 0.15) is 24.9 Å². The highest BCUT2D eigenvalue weighted by atomic mass is 35.5. The van der Waals surface area contributed by atoms with E-state index in [0.29, 0.717) is 12.5 Å². The lowest BCUT2D eigenvalue weighted by Crippen LogP contribution is -2.47. The Hall–Kier alpha value is -2.12. The van der Waals surface area contributed by atoms with Gasteiger partial charge in [-0.3, -0.25) is 9.69 Å². The first-order chi connectivity index (χ1) is 15.6. The van der Waals surface area contributed by atoms with Crippen LogP contribution in [0.4, 0.5) is 11.4 Å². The monoisotopic (exact) mass is 456 g/mol. The van der Waals surface area contributed by atoms with E-state index in [9.17, 15) is 4.79 Å². The van der Waals surface area contributed by atoms with Crippen LogP contribution in [0.5, 0.6) is 0 Å². The third-order valence-electron chi connectivity index (χ3n) is 6.49. The van der Waals surface area contributed by atoms with E-state index in [2.05, 4.69) is 45.1 Å².